The van der Waals surface area contributed by atoms with Crippen LogP contribution in [-0.2, 0) is 19.8 Å². The van der Waals surface area contributed by atoms with Crippen LogP contribution in [0.5, 0.6) is 0 Å². The largest absolute Gasteiger partial charge is 0.316 e. The highest BCUT2D eigenvalue weighted by molar-refractivity contribution is 7.98. The number of nitrogens with zero attached hydrogens (tertiary/aromatic N) is 5. The van der Waals surface area contributed by atoms with Gasteiger partial charge in [-0.3, -0.25) is 4.68 Å². The Morgan fingerprint density at radius 1 is 1.36 bits per heavy atom. The zero-order chi connectivity index (χ0) is 14.8. The van der Waals surface area contributed by atoms with Crippen LogP contribution < -0.4 is 5.32 Å². The smallest absolute Gasteiger partial charge is 0.191 e. The van der Waals surface area contributed by atoms with Crippen molar-refractivity contribution in [3.05, 3.63) is 23.3 Å². The van der Waals surface area contributed by atoms with Crippen LogP contribution in [0.15, 0.2) is 11.4 Å². The van der Waals surface area contributed by atoms with Gasteiger partial charge in [-0.2, -0.15) is 5.10 Å². The van der Waals surface area contributed by atoms with Crippen molar-refractivity contribution in [1.29, 1.82) is 0 Å². The van der Waals surface area contributed by atoms with Crippen LogP contribution in [0.1, 0.15) is 35.8 Å². The van der Waals surface area contributed by atoms with E-state index in [2.05, 4.69) is 38.4 Å². The van der Waals surface area contributed by atoms with E-state index in [0.717, 1.165) is 35.5 Å². The third kappa shape index (κ3) is 3.64. The summed E-state index contributed by atoms with van der Waals surface area (Å²) in [7, 11) is 4.03. The zero-order valence-electron chi connectivity index (χ0n) is 13.2. The second kappa shape index (κ2) is 7.48. The molecular formula is C14H23ClN6S. The fourth-order valence-corrected chi connectivity index (χ4v) is 3.77. The highest BCUT2D eigenvalue weighted by Gasteiger charge is 2.21. The first kappa shape index (κ1) is 17.3. The molecule has 0 aliphatic carbocycles. The predicted molar refractivity (Wildman–Crippen MR) is 90.6 cm³/mol. The molecule has 0 spiro atoms. The summed E-state index contributed by atoms with van der Waals surface area (Å²) in [5, 5.41) is 17.6. The van der Waals surface area contributed by atoms with Crippen LogP contribution in [0.2, 0.25) is 0 Å². The monoisotopic (exact) mass is 342 g/mol. The summed E-state index contributed by atoms with van der Waals surface area (Å²) in [6.45, 7) is 4.18. The first-order valence-corrected chi connectivity index (χ1v) is 8.35. The molecule has 0 aromatic carbocycles. The SMILES string of the molecule is Cc1nn(C)cc1CSc1nnc(C2CCCNC2)n1C.Cl. The number of halogens is 1. The van der Waals surface area contributed by atoms with Gasteiger partial charge in [0, 0.05) is 44.1 Å². The number of rotatable bonds is 4. The number of aromatic nitrogens is 5. The topological polar surface area (TPSA) is 60.6 Å². The third-order valence-corrected chi connectivity index (χ3v) is 5.07. The molecule has 0 radical (unpaired) electrons. The lowest BCUT2D eigenvalue weighted by atomic mass is 9.99. The highest BCUT2D eigenvalue weighted by atomic mass is 35.5. The minimum atomic E-state index is 0. The van der Waals surface area contributed by atoms with E-state index in [9.17, 15) is 0 Å². The Kier molecular flexibility index (Phi) is 5.88. The molecule has 2 aromatic heterocycles. The average molecular weight is 343 g/mol. The van der Waals surface area contributed by atoms with Crippen molar-refractivity contribution in [2.75, 3.05) is 13.1 Å². The third-order valence-electron chi connectivity index (χ3n) is 4.00. The van der Waals surface area contributed by atoms with E-state index in [4.69, 9.17) is 0 Å². The molecule has 6 nitrogen and oxygen atoms in total. The Balaban J connectivity index is 0.00000176. The Morgan fingerprint density at radius 3 is 2.82 bits per heavy atom. The molecule has 1 aliphatic heterocycles. The highest BCUT2D eigenvalue weighted by Crippen LogP contribution is 2.27. The van der Waals surface area contributed by atoms with E-state index in [1.54, 1.807) is 11.8 Å². The van der Waals surface area contributed by atoms with Crippen LogP contribution >= 0.6 is 24.2 Å². The average Bonchev–Trinajstić information content (AvgIpc) is 3.00. The molecule has 0 amide bonds. The molecule has 3 rings (SSSR count). The normalized spacial score (nSPS) is 18.2. The fourth-order valence-electron chi connectivity index (χ4n) is 2.81. The maximum absolute atomic E-state index is 4.41. The van der Waals surface area contributed by atoms with Crippen molar-refractivity contribution < 1.29 is 0 Å². The lowest BCUT2D eigenvalue weighted by Gasteiger charge is -2.21. The van der Waals surface area contributed by atoms with Gasteiger partial charge >= 0.3 is 0 Å². The standard InChI is InChI=1S/C14H22N6S.ClH/c1-10-12(8-19(2)18-10)9-21-14-17-16-13(20(14)3)11-5-4-6-15-7-11;/h8,11,15H,4-7,9H2,1-3H3;1H. The fraction of sp³-hybridized carbons (Fsp3) is 0.643. The zero-order valence-corrected chi connectivity index (χ0v) is 14.9. The maximum atomic E-state index is 4.41. The van der Waals surface area contributed by atoms with Crippen LogP contribution in [0.3, 0.4) is 0 Å². The van der Waals surface area contributed by atoms with Gasteiger partial charge in [0.15, 0.2) is 5.16 Å². The van der Waals surface area contributed by atoms with Crippen LogP contribution in [0, 0.1) is 6.92 Å². The minimum Gasteiger partial charge on any atom is -0.316 e. The first-order valence-electron chi connectivity index (χ1n) is 7.37. The molecule has 1 fully saturated rings. The number of nitrogens with one attached hydrogen (secondary N) is 1. The van der Waals surface area contributed by atoms with Gasteiger partial charge in [0.2, 0.25) is 0 Å². The summed E-state index contributed by atoms with van der Waals surface area (Å²) in [6.07, 6.45) is 4.49. The van der Waals surface area contributed by atoms with E-state index in [0.29, 0.717) is 5.92 Å². The van der Waals surface area contributed by atoms with Gasteiger partial charge in [-0.1, -0.05) is 11.8 Å². The summed E-state index contributed by atoms with van der Waals surface area (Å²) in [5.74, 6) is 2.48. The number of piperidine rings is 1. The molecular weight excluding hydrogens is 320 g/mol. The molecule has 122 valence electrons. The first-order chi connectivity index (χ1) is 10.1. The van der Waals surface area contributed by atoms with Crippen molar-refractivity contribution in [3.8, 4) is 0 Å². The Labute approximate surface area is 141 Å². The molecule has 0 bridgehead atoms. The molecule has 22 heavy (non-hydrogen) atoms. The van der Waals surface area contributed by atoms with Gasteiger partial charge in [0.05, 0.1) is 5.69 Å². The summed E-state index contributed by atoms with van der Waals surface area (Å²) < 4.78 is 4.01. The summed E-state index contributed by atoms with van der Waals surface area (Å²) in [6, 6.07) is 0. The number of hydrogen-bond acceptors (Lipinski definition) is 5. The second-order valence-corrected chi connectivity index (χ2v) is 6.59. The molecule has 8 heteroatoms. The molecule has 1 unspecified atom stereocenters. The van der Waals surface area contributed by atoms with Crippen molar-refractivity contribution in [1.82, 2.24) is 29.9 Å². The maximum Gasteiger partial charge on any atom is 0.191 e. The van der Waals surface area contributed by atoms with Crippen molar-refractivity contribution in [3.63, 3.8) is 0 Å². The van der Waals surface area contributed by atoms with Crippen molar-refractivity contribution in [2.24, 2.45) is 14.1 Å². The van der Waals surface area contributed by atoms with E-state index < -0.39 is 0 Å². The Morgan fingerprint density at radius 2 is 2.18 bits per heavy atom. The van der Waals surface area contributed by atoms with Gasteiger partial charge in [-0.15, -0.1) is 22.6 Å². The van der Waals surface area contributed by atoms with E-state index in [-0.39, 0.29) is 12.4 Å². The van der Waals surface area contributed by atoms with E-state index >= 15 is 0 Å². The lowest BCUT2D eigenvalue weighted by Crippen LogP contribution is -2.29. The van der Waals surface area contributed by atoms with Gasteiger partial charge in [0.25, 0.3) is 0 Å². The quantitative estimate of drug-likeness (QED) is 0.861. The molecule has 1 aliphatic rings. The molecule has 1 atom stereocenters. The van der Waals surface area contributed by atoms with E-state index in [1.165, 1.54) is 18.4 Å². The van der Waals surface area contributed by atoms with Gasteiger partial charge < -0.3 is 9.88 Å². The molecule has 2 aromatic rings. The van der Waals surface area contributed by atoms with Crippen LogP contribution in [0.4, 0.5) is 0 Å². The number of hydrogen-bond donors (Lipinski definition) is 1. The Hall–Kier alpha value is -1.05. The van der Waals surface area contributed by atoms with Crippen molar-refractivity contribution in [2.45, 2.75) is 36.6 Å². The van der Waals surface area contributed by atoms with Crippen molar-refractivity contribution >= 4 is 24.2 Å². The summed E-state index contributed by atoms with van der Waals surface area (Å²) in [4.78, 5) is 0. The predicted octanol–water partition coefficient (Wildman–Crippen LogP) is 2.04. The number of thioether (sulfide) groups is 1. The van der Waals surface area contributed by atoms with Crippen LogP contribution in [-0.4, -0.2) is 37.6 Å². The van der Waals surface area contributed by atoms with E-state index in [1.807, 2.05) is 18.7 Å². The molecule has 3 heterocycles. The Bertz CT molecular complexity index is 617. The molecule has 1 saturated heterocycles. The summed E-state index contributed by atoms with van der Waals surface area (Å²) >= 11 is 1.73. The van der Waals surface area contributed by atoms with Gasteiger partial charge in [-0.25, -0.2) is 0 Å². The molecule has 1 N–H and O–H groups in total. The number of aryl methyl sites for hydroxylation is 2. The lowest BCUT2D eigenvalue weighted by molar-refractivity contribution is 0.436. The summed E-state index contributed by atoms with van der Waals surface area (Å²) in [5.41, 5.74) is 2.34. The van der Waals surface area contributed by atoms with Gasteiger partial charge in [0.1, 0.15) is 5.82 Å². The minimum absolute atomic E-state index is 0. The second-order valence-electron chi connectivity index (χ2n) is 5.65. The van der Waals surface area contributed by atoms with Crippen LogP contribution in [0.25, 0.3) is 0 Å². The molecule has 0 saturated carbocycles. The van der Waals surface area contributed by atoms with Gasteiger partial charge in [-0.05, 0) is 26.3 Å².